The highest BCUT2D eigenvalue weighted by atomic mass is 16.5. The minimum Gasteiger partial charge on any atom is -0.482 e. The Balaban J connectivity index is 2.62. The van der Waals surface area contributed by atoms with Gasteiger partial charge in [0.15, 0.2) is 5.65 Å². The first-order chi connectivity index (χ1) is 6.86. The number of aromatic nitrogens is 3. The van der Waals surface area contributed by atoms with Crippen molar-refractivity contribution in [1.82, 2.24) is 14.6 Å². The Morgan fingerprint density at radius 1 is 1.43 bits per heavy atom. The summed E-state index contributed by atoms with van der Waals surface area (Å²) in [5.41, 5.74) is 6.27. The van der Waals surface area contributed by atoms with Gasteiger partial charge in [-0.05, 0) is 18.7 Å². The summed E-state index contributed by atoms with van der Waals surface area (Å²) in [6.45, 7) is 0.554. The zero-order valence-electron chi connectivity index (χ0n) is 7.97. The first kappa shape index (κ1) is 8.96. The van der Waals surface area contributed by atoms with Crippen molar-refractivity contribution in [2.75, 3.05) is 13.7 Å². The van der Waals surface area contributed by atoms with Gasteiger partial charge in [-0.2, -0.15) is 0 Å². The lowest BCUT2D eigenvalue weighted by atomic mass is 10.4. The van der Waals surface area contributed by atoms with Crippen molar-refractivity contribution >= 4 is 5.65 Å². The highest BCUT2D eigenvalue weighted by Crippen LogP contribution is 2.14. The summed E-state index contributed by atoms with van der Waals surface area (Å²) in [4.78, 5) is 0. The molecule has 2 rings (SSSR count). The Morgan fingerprint density at radius 3 is 3.00 bits per heavy atom. The molecule has 0 amide bonds. The molecule has 0 spiro atoms. The topological polar surface area (TPSA) is 65.4 Å². The zero-order chi connectivity index (χ0) is 9.97. The maximum absolute atomic E-state index is 5.48. The van der Waals surface area contributed by atoms with Gasteiger partial charge in [0, 0.05) is 6.42 Å². The van der Waals surface area contributed by atoms with Crippen molar-refractivity contribution in [3.05, 3.63) is 24.0 Å². The average Bonchev–Trinajstić information content (AvgIpc) is 2.62. The molecule has 0 bridgehead atoms. The van der Waals surface area contributed by atoms with Crippen LogP contribution in [0.25, 0.3) is 5.65 Å². The molecule has 0 unspecified atom stereocenters. The standard InChI is InChI=1S/C9H12N4O/c1-14-9-4-2-3-7-11-12-8(5-6-10)13(7)9/h2-4H,5-6,10H2,1H3. The molecular weight excluding hydrogens is 180 g/mol. The minimum absolute atomic E-state index is 0.554. The molecule has 2 N–H and O–H groups in total. The first-order valence-electron chi connectivity index (χ1n) is 4.44. The van der Waals surface area contributed by atoms with Gasteiger partial charge in [-0.1, -0.05) is 6.07 Å². The second-order valence-corrected chi connectivity index (χ2v) is 2.92. The van der Waals surface area contributed by atoms with Gasteiger partial charge >= 0.3 is 0 Å². The summed E-state index contributed by atoms with van der Waals surface area (Å²) in [5.74, 6) is 1.57. The number of nitrogens with two attached hydrogens (primary N) is 1. The van der Waals surface area contributed by atoms with Crippen molar-refractivity contribution in [1.29, 1.82) is 0 Å². The highest BCUT2D eigenvalue weighted by molar-refractivity contribution is 5.42. The smallest absolute Gasteiger partial charge is 0.200 e. The maximum Gasteiger partial charge on any atom is 0.200 e. The zero-order valence-corrected chi connectivity index (χ0v) is 7.97. The van der Waals surface area contributed by atoms with Crippen LogP contribution in [-0.2, 0) is 6.42 Å². The lowest BCUT2D eigenvalue weighted by Gasteiger charge is -2.04. The Bertz CT molecular complexity index is 437. The fourth-order valence-electron chi connectivity index (χ4n) is 1.42. The third kappa shape index (κ3) is 1.31. The van der Waals surface area contributed by atoms with Crippen LogP contribution in [0.2, 0.25) is 0 Å². The maximum atomic E-state index is 5.48. The quantitative estimate of drug-likeness (QED) is 0.756. The third-order valence-electron chi connectivity index (χ3n) is 2.04. The molecule has 5 heteroatoms. The van der Waals surface area contributed by atoms with Gasteiger partial charge in [-0.3, -0.25) is 0 Å². The Hall–Kier alpha value is -1.62. The lowest BCUT2D eigenvalue weighted by molar-refractivity contribution is 0.390. The van der Waals surface area contributed by atoms with Crippen molar-refractivity contribution < 1.29 is 4.74 Å². The predicted octanol–water partition coefficient (Wildman–Crippen LogP) is 0.239. The average molecular weight is 192 g/mol. The van der Waals surface area contributed by atoms with Gasteiger partial charge < -0.3 is 10.5 Å². The van der Waals surface area contributed by atoms with Crippen molar-refractivity contribution in [2.45, 2.75) is 6.42 Å². The summed E-state index contributed by atoms with van der Waals surface area (Å²) in [5, 5.41) is 8.07. The van der Waals surface area contributed by atoms with Crippen LogP contribution in [0, 0.1) is 0 Å². The van der Waals surface area contributed by atoms with E-state index in [0.29, 0.717) is 13.0 Å². The number of ether oxygens (including phenoxy) is 1. The second kappa shape index (κ2) is 3.63. The first-order valence-corrected chi connectivity index (χ1v) is 4.44. The van der Waals surface area contributed by atoms with Crippen molar-refractivity contribution in [3.8, 4) is 5.88 Å². The molecule has 0 aliphatic carbocycles. The molecular formula is C9H12N4O. The van der Waals surface area contributed by atoms with E-state index in [0.717, 1.165) is 17.4 Å². The van der Waals surface area contributed by atoms with Crippen LogP contribution in [0.1, 0.15) is 5.82 Å². The molecule has 2 aromatic heterocycles. The highest BCUT2D eigenvalue weighted by Gasteiger charge is 2.07. The third-order valence-corrected chi connectivity index (χ3v) is 2.04. The number of hydrogen-bond acceptors (Lipinski definition) is 4. The molecule has 0 saturated heterocycles. The number of hydrogen-bond donors (Lipinski definition) is 1. The molecule has 2 heterocycles. The molecule has 2 aromatic rings. The van der Waals surface area contributed by atoms with Gasteiger partial charge in [-0.15, -0.1) is 10.2 Å². The molecule has 14 heavy (non-hydrogen) atoms. The van der Waals surface area contributed by atoms with Gasteiger partial charge in [0.2, 0.25) is 5.88 Å². The molecule has 74 valence electrons. The number of methoxy groups -OCH3 is 1. The molecule has 0 radical (unpaired) electrons. The van der Waals surface area contributed by atoms with Crippen LogP contribution in [0.4, 0.5) is 0 Å². The molecule has 0 saturated carbocycles. The Labute approximate surface area is 81.5 Å². The summed E-state index contributed by atoms with van der Waals surface area (Å²) in [6.07, 6.45) is 0.696. The molecule has 0 atom stereocenters. The van der Waals surface area contributed by atoms with E-state index >= 15 is 0 Å². The van der Waals surface area contributed by atoms with Crippen molar-refractivity contribution in [2.24, 2.45) is 5.73 Å². The number of rotatable bonds is 3. The molecule has 0 fully saturated rings. The second-order valence-electron chi connectivity index (χ2n) is 2.92. The van der Waals surface area contributed by atoms with Gasteiger partial charge in [0.25, 0.3) is 0 Å². The van der Waals surface area contributed by atoms with Gasteiger partial charge in [-0.25, -0.2) is 4.40 Å². The molecule has 5 nitrogen and oxygen atoms in total. The fraction of sp³-hybridized carbons (Fsp3) is 0.333. The number of pyridine rings is 1. The van der Waals surface area contributed by atoms with E-state index in [1.54, 1.807) is 7.11 Å². The lowest BCUT2D eigenvalue weighted by Crippen LogP contribution is -2.07. The van der Waals surface area contributed by atoms with Gasteiger partial charge in [0.1, 0.15) is 5.82 Å². The Kier molecular flexibility index (Phi) is 2.32. The SMILES string of the molecule is COc1cccc2nnc(CCN)n12. The van der Waals surface area contributed by atoms with E-state index in [1.165, 1.54) is 0 Å². The fourth-order valence-corrected chi connectivity index (χ4v) is 1.42. The summed E-state index contributed by atoms with van der Waals surface area (Å²) >= 11 is 0. The normalized spacial score (nSPS) is 10.7. The van der Waals surface area contributed by atoms with Crippen LogP contribution in [0.5, 0.6) is 5.88 Å². The number of nitrogens with zero attached hydrogens (tertiary/aromatic N) is 3. The van der Waals surface area contributed by atoms with Crippen molar-refractivity contribution in [3.63, 3.8) is 0 Å². The van der Waals surface area contributed by atoms with E-state index in [1.807, 2.05) is 22.6 Å². The van der Waals surface area contributed by atoms with Gasteiger partial charge in [0.05, 0.1) is 7.11 Å². The molecule has 0 aliphatic heterocycles. The molecule has 0 aromatic carbocycles. The summed E-state index contributed by atoms with van der Waals surface area (Å²) < 4.78 is 7.08. The molecule has 0 aliphatic rings. The van der Waals surface area contributed by atoms with Crippen LogP contribution in [0.15, 0.2) is 18.2 Å². The van der Waals surface area contributed by atoms with E-state index in [4.69, 9.17) is 10.5 Å². The van der Waals surface area contributed by atoms with E-state index < -0.39 is 0 Å². The summed E-state index contributed by atoms with van der Waals surface area (Å²) in [6, 6.07) is 5.64. The largest absolute Gasteiger partial charge is 0.482 e. The predicted molar refractivity (Wildman–Crippen MR) is 52.3 cm³/mol. The van der Waals surface area contributed by atoms with Crippen LogP contribution in [-0.4, -0.2) is 28.3 Å². The minimum atomic E-state index is 0.554. The van der Waals surface area contributed by atoms with E-state index in [-0.39, 0.29) is 0 Å². The van der Waals surface area contributed by atoms with E-state index in [9.17, 15) is 0 Å². The van der Waals surface area contributed by atoms with Crippen LogP contribution < -0.4 is 10.5 Å². The van der Waals surface area contributed by atoms with E-state index in [2.05, 4.69) is 10.2 Å². The summed E-state index contributed by atoms with van der Waals surface area (Å²) in [7, 11) is 1.63. The van der Waals surface area contributed by atoms with Crippen LogP contribution in [0.3, 0.4) is 0 Å². The number of fused-ring (bicyclic) bond motifs is 1. The Morgan fingerprint density at radius 2 is 2.29 bits per heavy atom. The van der Waals surface area contributed by atoms with Crippen LogP contribution >= 0.6 is 0 Å². The monoisotopic (exact) mass is 192 g/mol.